The number of aryl methyl sites for hydroxylation is 1. The Labute approximate surface area is 137 Å². The first-order valence-corrected chi connectivity index (χ1v) is 8.41. The van der Waals surface area contributed by atoms with Crippen LogP contribution in [0.2, 0.25) is 0 Å². The van der Waals surface area contributed by atoms with Gasteiger partial charge in [0.25, 0.3) is 0 Å². The third-order valence-electron chi connectivity index (χ3n) is 3.70. The minimum Gasteiger partial charge on any atom is -0.379 e. The number of aromatic nitrogens is 2. The first-order chi connectivity index (χ1) is 9.74. The smallest absolute Gasteiger partial charge is 0.178 e. The molecule has 0 unspecified atom stereocenters. The van der Waals surface area contributed by atoms with Crippen LogP contribution in [0.15, 0.2) is 18.2 Å². The normalized spacial score (nSPS) is 16.9. The van der Waals surface area contributed by atoms with Crippen LogP contribution < -0.4 is 0 Å². The maximum Gasteiger partial charge on any atom is 0.178 e. The van der Waals surface area contributed by atoms with Crippen molar-refractivity contribution < 1.29 is 4.74 Å². The summed E-state index contributed by atoms with van der Waals surface area (Å²) < 4.78 is 9.63. The van der Waals surface area contributed by atoms with E-state index >= 15 is 0 Å². The van der Waals surface area contributed by atoms with Gasteiger partial charge in [0.05, 0.1) is 24.2 Å². The van der Waals surface area contributed by atoms with E-state index in [1.165, 1.54) is 9.09 Å². The summed E-state index contributed by atoms with van der Waals surface area (Å²) in [5.41, 5.74) is 2.34. The Morgan fingerprint density at radius 2 is 2.05 bits per heavy atom. The molecule has 3 rings (SSSR count). The second-order valence-electron chi connectivity index (χ2n) is 5.05. The minimum atomic E-state index is 0.823. The molecule has 2 aromatic rings. The highest BCUT2D eigenvalue weighted by Gasteiger charge is 2.10. The molecule has 1 aromatic heterocycles. The summed E-state index contributed by atoms with van der Waals surface area (Å²) >= 11 is 7.76. The first-order valence-electron chi connectivity index (χ1n) is 6.92. The van der Waals surface area contributed by atoms with Crippen LogP contribution >= 0.6 is 34.8 Å². The van der Waals surface area contributed by atoms with Crippen LogP contribution in [0.25, 0.3) is 11.0 Å². The summed E-state index contributed by atoms with van der Waals surface area (Å²) in [7, 11) is 0. The highest BCUT2D eigenvalue weighted by molar-refractivity contribution is 14.1. The van der Waals surface area contributed by atoms with Crippen LogP contribution in [0, 0.1) is 8.34 Å². The van der Waals surface area contributed by atoms with E-state index in [1.807, 2.05) is 0 Å². The van der Waals surface area contributed by atoms with Gasteiger partial charge in [-0.2, -0.15) is 0 Å². The third kappa shape index (κ3) is 3.24. The Morgan fingerprint density at radius 3 is 2.85 bits per heavy atom. The molecule has 0 bridgehead atoms. The lowest BCUT2D eigenvalue weighted by Gasteiger charge is -2.26. The van der Waals surface area contributed by atoms with Gasteiger partial charge in [-0.15, -0.1) is 0 Å². The van der Waals surface area contributed by atoms with Gasteiger partial charge in [-0.3, -0.25) is 4.90 Å². The second-order valence-corrected chi connectivity index (χ2v) is 6.68. The lowest BCUT2D eigenvalue weighted by atomic mass is 10.3. The fourth-order valence-corrected chi connectivity index (χ4v) is 3.43. The number of nitrogens with zero attached hydrogens (tertiary/aromatic N) is 2. The molecule has 0 aliphatic carbocycles. The molecule has 1 N–H and O–H groups in total. The summed E-state index contributed by atoms with van der Waals surface area (Å²) in [6, 6.07) is 6.42. The van der Waals surface area contributed by atoms with Crippen molar-refractivity contribution >= 4 is 45.8 Å². The third-order valence-corrected chi connectivity index (χ3v) is 4.69. The maximum absolute atomic E-state index is 5.44. The summed E-state index contributed by atoms with van der Waals surface area (Å²) in [6.45, 7) is 5.92. The van der Waals surface area contributed by atoms with E-state index in [0.29, 0.717) is 0 Å². The molecule has 2 heterocycles. The summed E-state index contributed by atoms with van der Waals surface area (Å²) in [4.78, 5) is 5.76. The first kappa shape index (κ1) is 14.5. The van der Waals surface area contributed by atoms with Crippen LogP contribution in [0.1, 0.15) is 6.42 Å². The van der Waals surface area contributed by atoms with E-state index in [0.717, 1.165) is 56.1 Å². The molecular formula is C14H18IN3OS. The number of ether oxygens (including phenoxy) is 1. The fourth-order valence-electron chi connectivity index (χ4n) is 2.64. The van der Waals surface area contributed by atoms with Gasteiger partial charge in [-0.25, -0.2) is 0 Å². The molecule has 0 spiro atoms. The Balaban J connectivity index is 1.68. The molecule has 0 atom stereocenters. The SMILES string of the molecule is S=c1[nH]c2cc(I)ccc2n1CCCN1CCOCC1. The van der Waals surface area contributed by atoms with Crippen molar-refractivity contribution in [1.29, 1.82) is 0 Å². The highest BCUT2D eigenvalue weighted by Crippen LogP contribution is 2.17. The number of nitrogens with one attached hydrogen (secondary N) is 1. The molecule has 4 nitrogen and oxygen atoms in total. The monoisotopic (exact) mass is 403 g/mol. The quantitative estimate of drug-likeness (QED) is 0.630. The Bertz CT molecular complexity index is 645. The van der Waals surface area contributed by atoms with Crippen LogP contribution in [0.5, 0.6) is 0 Å². The fraction of sp³-hybridized carbons (Fsp3) is 0.500. The Morgan fingerprint density at radius 1 is 1.25 bits per heavy atom. The number of imidazole rings is 1. The van der Waals surface area contributed by atoms with E-state index < -0.39 is 0 Å². The number of hydrogen-bond acceptors (Lipinski definition) is 3. The molecule has 1 saturated heterocycles. The molecule has 0 radical (unpaired) electrons. The van der Waals surface area contributed by atoms with Crippen LogP contribution in [-0.4, -0.2) is 47.3 Å². The predicted octanol–water partition coefficient (Wildman–Crippen LogP) is 3.03. The van der Waals surface area contributed by atoms with E-state index in [9.17, 15) is 0 Å². The van der Waals surface area contributed by atoms with Gasteiger partial charge in [0.1, 0.15) is 0 Å². The van der Waals surface area contributed by atoms with Crippen molar-refractivity contribution in [3.8, 4) is 0 Å². The van der Waals surface area contributed by atoms with E-state index in [2.05, 4.69) is 55.2 Å². The average Bonchev–Trinajstić information content (AvgIpc) is 2.75. The van der Waals surface area contributed by atoms with Crippen molar-refractivity contribution in [3.05, 3.63) is 26.5 Å². The molecule has 1 fully saturated rings. The molecule has 108 valence electrons. The van der Waals surface area contributed by atoms with Gasteiger partial charge in [-0.05, 0) is 59.4 Å². The topological polar surface area (TPSA) is 33.2 Å². The van der Waals surface area contributed by atoms with Gasteiger partial charge in [0.2, 0.25) is 0 Å². The van der Waals surface area contributed by atoms with Crippen LogP contribution in [-0.2, 0) is 11.3 Å². The molecule has 20 heavy (non-hydrogen) atoms. The van der Waals surface area contributed by atoms with Crippen molar-refractivity contribution in [2.45, 2.75) is 13.0 Å². The zero-order valence-corrected chi connectivity index (χ0v) is 14.2. The van der Waals surface area contributed by atoms with Crippen molar-refractivity contribution in [2.75, 3.05) is 32.8 Å². The largest absolute Gasteiger partial charge is 0.379 e. The summed E-state index contributed by atoms with van der Waals surface area (Å²) in [5.74, 6) is 0. The van der Waals surface area contributed by atoms with Crippen LogP contribution in [0.4, 0.5) is 0 Å². The summed E-state index contributed by atoms with van der Waals surface area (Å²) in [6.07, 6.45) is 1.12. The lowest BCUT2D eigenvalue weighted by Crippen LogP contribution is -2.37. The zero-order chi connectivity index (χ0) is 13.9. The number of rotatable bonds is 4. The van der Waals surface area contributed by atoms with Gasteiger partial charge in [0, 0.05) is 29.7 Å². The Kier molecular flexibility index (Phi) is 4.75. The molecule has 6 heteroatoms. The number of halogens is 1. The maximum atomic E-state index is 5.44. The molecule has 0 saturated carbocycles. The number of benzene rings is 1. The zero-order valence-electron chi connectivity index (χ0n) is 11.3. The van der Waals surface area contributed by atoms with Crippen molar-refractivity contribution in [1.82, 2.24) is 14.5 Å². The number of H-pyrrole nitrogens is 1. The molecule has 0 amide bonds. The van der Waals surface area contributed by atoms with Gasteiger partial charge in [0.15, 0.2) is 4.77 Å². The highest BCUT2D eigenvalue weighted by atomic mass is 127. The van der Waals surface area contributed by atoms with Crippen molar-refractivity contribution in [2.24, 2.45) is 0 Å². The molecule has 1 aliphatic heterocycles. The number of morpholine rings is 1. The van der Waals surface area contributed by atoms with E-state index in [-0.39, 0.29) is 0 Å². The predicted molar refractivity (Wildman–Crippen MR) is 91.7 cm³/mol. The lowest BCUT2D eigenvalue weighted by molar-refractivity contribution is 0.0369. The number of aromatic amines is 1. The summed E-state index contributed by atoms with van der Waals surface area (Å²) in [5, 5.41) is 0. The Hall–Kier alpha value is -0.440. The number of hydrogen-bond donors (Lipinski definition) is 1. The molecular weight excluding hydrogens is 385 g/mol. The standard InChI is InChI=1S/C14H18IN3OS/c15-11-2-3-13-12(10-11)16-14(20)18(13)5-1-4-17-6-8-19-9-7-17/h2-3,10H,1,4-9H2,(H,16,20). The van der Waals surface area contributed by atoms with Gasteiger partial charge >= 0.3 is 0 Å². The van der Waals surface area contributed by atoms with Gasteiger partial charge in [-0.1, -0.05) is 0 Å². The van der Waals surface area contributed by atoms with E-state index in [4.69, 9.17) is 17.0 Å². The van der Waals surface area contributed by atoms with Crippen molar-refractivity contribution in [3.63, 3.8) is 0 Å². The second kappa shape index (κ2) is 6.55. The van der Waals surface area contributed by atoms with Crippen LogP contribution in [0.3, 0.4) is 0 Å². The molecule has 1 aliphatic rings. The number of fused-ring (bicyclic) bond motifs is 1. The minimum absolute atomic E-state index is 0.823. The van der Waals surface area contributed by atoms with Gasteiger partial charge < -0.3 is 14.3 Å². The van der Waals surface area contributed by atoms with E-state index in [1.54, 1.807) is 0 Å². The molecule has 1 aromatic carbocycles. The average molecular weight is 403 g/mol.